The minimum Gasteiger partial charge on any atom is -0.444 e. The van der Waals surface area contributed by atoms with Gasteiger partial charge in [0, 0.05) is 30.9 Å². The number of aromatic nitrogens is 1. The molecule has 0 saturated carbocycles. The zero-order valence-electron chi connectivity index (χ0n) is 13.2. The number of carbonyl (C=O) groups excluding carboxylic acids is 1. The van der Waals surface area contributed by atoms with E-state index in [0.717, 1.165) is 11.3 Å². The van der Waals surface area contributed by atoms with Gasteiger partial charge in [-0.3, -0.25) is 4.98 Å². The molecule has 1 saturated heterocycles. The third-order valence-electron chi connectivity index (χ3n) is 3.68. The maximum absolute atomic E-state index is 12.2. The van der Waals surface area contributed by atoms with E-state index >= 15 is 0 Å². The number of amides is 1. The molecular formula is C16H24N2O3. The SMILES string of the molecule is Cc1ncccc1C1CN(C(=O)OC(C)(C)C)CCC1O. The summed E-state index contributed by atoms with van der Waals surface area (Å²) in [6.45, 7) is 8.47. The van der Waals surface area contributed by atoms with Crippen LogP contribution in [-0.2, 0) is 4.74 Å². The molecule has 1 aliphatic rings. The van der Waals surface area contributed by atoms with Crippen LogP contribution in [0.25, 0.3) is 0 Å². The van der Waals surface area contributed by atoms with Gasteiger partial charge in [-0.25, -0.2) is 4.79 Å². The van der Waals surface area contributed by atoms with Gasteiger partial charge in [-0.15, -0.1) is 0 Å². The first-order chi connectivity index (χ1) is 9.78. The number of carbonyl (C=O) groups is 1. The molecule has 5 nitrogen and oxygen atoms in total. The summed E-state index contributed by atoms with van der Waals surface area (Å²) in [5.74, 6) is -0.111. The fraction of sp³-hybridized carbons (Fsp3) is 0.625. The van der Waals surface area contributed by atoms with E-state index in [1.807, 2.05) is 39.8 Å². The summed E-state index contributed by atoms with van der Waals surface area (Å²) in [4.78, 5) is 18.1. The lowest BCUT2D eigenvalue weighted by Crippen LogP contribution is -2.46. The normalized spacial score (nSPS) is 23.0. The maximum Gasteiger partial charge on any atom is 0.410 e. The fourth-order valence-corrected chi connectivity index (χ4v) is 2.63. The van der Waals surface area contributed by atoms with Gasteiger partial charge in [0.05, 0.1) is 6.10 Å². The Balaban J connectivity index is 2.13. The van der Waals surface area contributed by atoms with Crippen LogP contribution in [0, 0.1) is 6.92 Å². The third-order valence-corrected chi connectivity index (χ3v) is 3.68. The number of hydrogen-bond donors (Lipinski definition) is 1. The van der Waals surface area contributed by atoms with E-state index in [4.69, 9.17) is 4.74 Å². The Kier molecular flexibility index (Phi) is 4.52. The zero-order valence-corrected chi connectivity index (χ0v) is 13.2. The molecule has 0 aliphatic carbocycles. The summed E-state index contributed by atoms with van der Waals surface area (Å²) in [5.41, 5.74) is 1.39. The van der Waals surface area contributed by atoms with Gasteiger partial charge in [0.25, 0.3) is 0 Å². The summed E-state index contributed by atoms with van der Waals surface area (Å²) in [7, 11) is 0. The van der Waals surface area contributed by atoms with Crippen LogP contribution in [0.4, 0.5) is 4.79 Å². The van der Waals surface area contributed by atoms with Crippen LogP contribution in [0.15, 0.2) is 18.3 Å². The van der Waals surface area contributed by atoms with E-state index in [2.05, 4.69) is 4.98 Å². The van der Waals surface area contributed by atoms with E-state index in [-0.39, 0.29) is 12.0 Å². The Hall–Kier alpha value is -1.62. The smallest absolute Gasteiger partial charge is 0.410 e. The Morgan fingerprint density at radius 3 is 2.81 bits per heavy atom. The van der Waals surface area contributed by atoms with Crippen molar-refractivity contribution in [2.75, 3.05) is 13.1 Å². The van der Waals surface area contributed by atoms with Crippen LogP contribution >= 0.6 is 0 Å². The predicted octanol–water partition coefficient (Wildman–Crippen LogP) is 2.48. The molecule has 1 amide bonds. The first-order valence-corrected chi connectivity index (χ1v) is 7.35. The molecule has 2 rings (SSSR count). The average Bonchev–Trinajstić information content (AvgIpc) is 2.38. The molecular weight excluding hydrogens is 268 g/mol. The van der Waals surface area contributed by atoms with Crippen molar-refractivity contribution >= 4 is 6.09 Å². The molecule has 2 atom stereocenters. The quantitative estimate of drug-likeness (QED) is 0.863. The molecule has 0 radical (unpaired) electrons. The Morgan fingerprint density at radius 1 is 1.48 bits per heavy atom. The van der Waals surface area contributed by atoms with Crippen LogP contribution in [0.5, 0.6) is 0 Å². The number of hydrogen-bond acceptors (Lipinski definition) is 4. The van der Waals surface area contributed by atoms with Gasteiger partial charge in [-0.05, 0) is 45.7 Å². The van der Waals surface area contributed by atoms with E-state index in [9.17, 15) is 9.90 Å². The molecule has 2 heterocycles. The van der Waals surface area contributed by atoms with Crippen LogP contribution in [-0.4, -0.2) is 45.9 Å². The van der Waals surface area contributed by atoms with Gasteiger partial charge in [0.2, 0.25) is 0 Å². The summed E-state index contributed by atoms with van der Waals surface area (Å²) < 4.78 is 5.42. The molecule has 2 unspecified atom stereocenters. The van der Waals surface area contributed by atoms with Crippen molar-refractivity contribution in [1.82, 2.24) is 9.88 Å². The van der Waals surface area contributed by atoms with Gasteiger partial charge in [-0.1, -0.05) is 6.07 Å². The van der Waals surface area contributed by atoms with E-state index in [0.29, 0.717) is 19.5 Å². The third kappa shape index (κ3) is 3.94. The second-order valence-corrected chi connectivity index (χ2v) is 6.57. The van der Waals surface area contributed by atoms with Gasteiger partial charge in [-0.2, -0.15) is 0 Å². The fourth-order valence-electron chi connectivity index (χ4n) is 2.63. The Bertz CT molecular complexity index is 510. The summed E-state index contributed by atoms with van der Waals surface area (Å²) in [5, 5.41) is 10.3. The first kappa shape index (κ1) is 15.8. The maximum atomic E-state index is 12.2. The number of likely N-dealkylation sites (tertiary alicyclic amines) is 1. The van der Waals surface area contributed by atoms with Gasteiger partial charge in [0.1, 0.15) is 5.60 Å². The summed E-state index contributed by atoms with van der Waals surface area (Å²) >= 11 is 0. The zero-order chi connectivity index (χ0) is 15.6. The molecule has 0 aromatic carbocycles. The van der Waals surface area contributed by atoms with Crippen molar-refractivity contribution in [3.63, 3.8) is 0 Å². The molecule has 1 fully saturated rings. The molecule has 21 heavy (non-hydrogen) atoms. The van der Waals surface area contributed by atoms with Crippen molar-refractivity contribution in [1.29, 1.82) is 0 Å². The number of rotatable bonds is 1. The predicted molar refractivity (Wildman–Crippen MR) is 80.1 cm³/mol. The van der Waals surface area contributed by atoms with Gasteiger partial charge in [0.15, 0.2) is 0 Å². The highest BCUT2D eigenvalue weighted by molar-refractivity contribution is 5.68. The van der Waals surface area contributed by atoms with Crippen molar-refractivity contribution in [3.05, 3.63) is 29.6 Å². The number of nitrogens with zero attached hydrogens (tertiary/aromatic N) is 2. The lowest BCUT2D eigenvalue weighted by molar-refractivity contribution is 0.00396. The average molecular weight is 292 g/mol. The van der Waals surface area contributed by atoms with Crippen molar-refractivity contribution in [2.45, 2.75) is 51.7 Å². The van der Waals surface area contributed by atoms with E-state index in [1.165, 1.54) is 0 Å². The van der Waals surface area contributed by atoms with E-state index in [1.54, 1.807) is 11.1 Å². The second kappa shape index (κ2) is 6.02. The van der Waals surface area contributed by atoms with Gasteiger partial charge < -0.3 is 14.7 Å². The lowest BCUT2D eigenvalue weighted by atomic mass is 9.87. The molecule has 0 bridgehead atoms. The largest absolute Gasteiger partial charge is 0.444 e. The Labute approximate surface area is 125 Å². The standard InChI is InChI=1S/C16H24N2O3/c1-11-12(6-5-8-17-11)13-10-18(9-7-14(13)19)15(20)21-16(2,3)4/h5-6,8,13-14,19H,7,9-10H2,1-4H3. The number of ether oxygens (including phenoxy) is 1. The minimum absolute atomic E-state index is 0.111. The first-order valence-electron chi connectivity index (χ1n) is 7.35. The lowest BCUT2D eigenvalue weighted by Gasteiger charge is -2.37. The number of aliphatic hydroxyl groups excluding tert-OH is 1. The number of pyridine rings is 1. The van der Waals surface area contributed by atoms with Crippen molar-refractivity contribution in [2.24, 2.45) is 0 Å². The van der Waals surface area contributed by atoms with Crippen LogP contribution < -0.4 is 0 Å². The summed E-state index contributed by atoms with van der Waals surface area (Å²) in [6, 6.07) is 3.83. The number of aryl methyl sites for hydroxylation is 1. The molecule has 5 heteroatoms. The highest BCUT2D eigenvalue weighted by Crippen LogP contribution is 2.29. The molecule has 1 N–H and O–H groups in total. The Morgan fingerprint density at radius 2 is 2.19 bits per heavy atom. The number of aliphatic hydroxyl groups is 1. The topological polar surface area (TPSA) is 62.7 Å². The molecule has 116 valence electrons. The second-order valence-electron chi connectivity index (χ2n) is 6.57. The molecule has 1 aliphatic heterocycles. The summed E-state index contributed by atoms with van der Waals surface area (Å²) in [6.07, 6.45) is 1.52. The van der Waals surface area contributed by atoms with Crippen LogP contribution in [0.3, 0.4) is 0 Å². The monoisotopic (exact) mass is 292 g/mol. The van der Waals surface area contributed by atoms with Crippen LogP contribution in [0.2, 0.25) is 0 Å². The van der Waals surface area contributed by atoms with Crippen molar-refractivity contribution < 1.29 is 14.6 Å². The minimum atomic E-state index is -0.507. The molecule has 1 aromatic heterocycles. The molecule has 1 aromatic rings. The van der Waals surface area contributed by atoms with E-state index < -0.39 is 11.7 Å². The van der Waals surface area contributed by atoms with Crippen molar-refractivity contribution in [3.8, 4) is 0 Å². The van der Waals surface area contributed by atoms with Crippen LogP contribution in [0.1, 0.15) is 44.4 Å². The molecule has 0 spiro atoms. The highest BCUT2D eigenvalue weighted by Gasteiger charge is 2.34. The number of piperidine rings is 1. The highest BCUT2D eigenvalue weighted by atomic mass is 16.6. The van der Waals surface area contributed by atoms with Gasteiger partial charge >= 0.3 is 6.09 Å².